The van der Waals surface area contributed by atoms with E-state index in [9.17, 15) is 9.59 Å². The lowest BCUT2D eigenvalue weighted by Crippen LogP contribution is -2.37. The van der Waals surface area contributed by atoms with Crippen molar-refractivity contribution in [3.8, 4) is 11.8 Å². The number of nitriles is 1. The number of esters is 1. The van der Waals surface area contributed by atoms with Gasteiger partial charge in [-0.25, -0.2) is 4.79 Å². The molecule has 0 radical (unpaired) electrons. The van der Waals surface area contributed by atoms with Gasteiger partial charge in [0.1, 0.15) is 12.3 Å². The van der Waals surface area contributed by atoms with Gasteiger partial charge in [0.05, 0.1) is 11.1 Å². The lowest BCUT2D eigenvalue weighted by molar-refractivity contribution is -0.154. The van der Waals surface area contributed by atoms with E-state index in [0.29, 0.717) is 10.7 Å². The highest BCUT2D eigenvalue weighted by molar-refractivity contribution is 6.35. The van der Waals surface area contributed by atoms with Crippen molar-refractivity contribution in [3.63, 3.8) is 0 Å². The van der Waals surface area contributed by atoms with Crippen LogP contribution in [0.1, 0.15) is 6.92 Å². The van der Waals surface area contributed by atoms with Crippen LogP contribution in [0.3, 0.4) is 0 Å². The molecule has 0 bridgehead atoms. The Hall–Kier alpha value is -2.75. The van der Waals surface area contributed by atoms with Gasteiger partial charge < -0.3 is 9.47 Å². The summed E-state index contributed by atoms with van der Waals surface area (Å²) >= 11 is 11.8. The third-order valence-electron chi connectivity index (χ3n) is 3.47. The molecule has 140 valence electrons. The molecule has 6 nitrogen and oxygen atoms in total. The molecule has 2 aromatic carbocycles. The number of ether oxygens (including phenoxy) is 2. The van der Waals surface area contributed by atoms with Gasteiger partial charge in [-0.15, -0.1) is 0 Å². The lowest BCUT2D eigenvalue weighted by Gasteiger charge is -2.20. The third-order valence-corrected chi connectivity index (χ3v) is 4.00. The number of amides is 1. The largest absolute Gasteiger partial charge is 0.477 e. The van der Waals surface area contributed by atoms with Crippen molar-refractivity contribution >= 4 is 40.8 Å². The zero-order valence-corrected chi connectivity index (χ0v) is 15.9. The van der Waals surface area contributed by atoms with Crippen molar-refractivity contribution in [1.82, 2.24) is 0 Å². The van der Waals surface area contributed by atoms with Gasteiger partial charge in [-0.05, 0) is 37.3 Å². The Morgan fingerprint density at radius 3 is 2.52 bits per heavy atom. The maximum atomic E-state index is 12.3. The molecule has 2 aromatic rings. The molecule has 0 saturated heterocycles. The highest BCUT2D eigenvalue weighted by Crippen LogP contribution is 2.28. The van der Waals surface area contributed by atoms with E-state index in [4.69, 9.17) is 37.9 Å². The molecule has 8 heteroatoms. The summed E-state index contributed by atoms with van der Waals surface area (Å²) in [6.07, 6.45) is -0.988. The highest BCUT2D eigenvalue weighted by atomic mass is 35.5. The van der Waals surface area contributed by atoms with Crippen molar-refractivity contribution in [3.05, 3.63) is 58.6 Å². The average Bonchev–Trinajstić information content (AvgIpc) is 2.66. The molecule has 0 heterocycles. The number of carbonyl (C=O) groups excluding carboxylic acids is 2. The highest BCUT2D eigenvalue weighted by Gasteiger charge is 2.22. The van der Waals surface area contributed by atoms with E-state index >= 15 is 0 Å². The standard InChI is InChI=1S/C19H16Cl2N2O4/c1-13(27-17-8-7-14(20)11-16(17)21)19(25)26-12-18(24)23(10-9-22)15-5-3-2-4-6-15/h2-8,11,13H,10,12H2,1H3/t13-/m1/s1. The maximum absolute atomic E-state index is 12.3. The minimum absolute atomic E-state index is 0.160. The molecule has 0 aliphatic rings. The molecule has 0 spiro atoms. The molecular formula is C19H16Cl2N2O4. The number of hydrogen-bond donors (Lipinski definition) is 0. The van der Waals surface area contributed by atoms with Crippen LogP contribution < -0.4 is 9.64 Å². The van der Waals surface area contributed by atoms with Gasteiger partial charge in [0.25, 0.3) is 5.91 Å². The monoisotopic (exact) mass is 406 g/mol. The normalized spacial score (nSPS) is 11.2. The first-order valence-electron chi connectivity index (χ1n) is 7.93. The Bertz CT molecular complexity index is 853. The molecule has 0 aromatic heterocycles. The van der Waals surface area contributed by atoms with Crippen molar-refractivity contribution in [2.24, 2.45) is 0 Å². The van der Waals surface area contributed by atoms with Crippen molar-refractivity contribution < 1.29 is 19.1 Å². The fourth-order valence-corrected chi connectivity index (χ4v) is 2.59. The third kappa shape index (κ3) is 5.88. The van der Waals surface area contributed by atoms with Crippen LogP contribution in [0.15, 0.2) is 48.5 Å². The van der Waals surface area contributed by atoms with Gasteiger partial charge in [0.15, 0.2) is 12.7 Å². The van der Waals surface area contributed by atoms with Crippen LogP contribution in [0.25, 0.3) is 0 Å². The summed E-state index contributed by atoms with van der Waals surface area (Å²) < 4.78 is 10.5. The van der Waals surface area contributed by atoms with Gasteiger partial charge in [0.2, 0.25) is 0 Å². The van der Waals surface area contributed by atoms with Crippen molar-refractivity contribution in [2.45, 2.75) is 13.0 Å². The summed E-state index contributed by atoms with van der Waals surface area (Å²) in [7, 11) is 0. The summed E-state index contributed by atoms with van der Waals surface area (Å²) in [5.74, 6) is -0.987. The predicted molar refractivity (Wildman–Crippen MR) is 102 cm³/mol. The number of para-hydroxylation sites is 1. The molecule has 1 atom stereocenters. The summed E-state index contributed by atoms with van der Waals surface area (Å²) in [6.45, 7) is 0.798. The number of nitrogens with zero attached hydrogens (tertiary/aromatic N) is 2. The second kappa shape index (κ2) is 9.81. The van der Waals surface area contributed by atoms with E-state index in [0.717, 1.165) is 0 Å². The Balaban J connectivity index is 1.94. The predicted octanol–water partition coefficient (Wildman–Crippen LogP) is 3.86. The number of halogens is 2. The lowest BCUT2D eigenvalue weighted by atomic mass is 10.3. The SMILES string of the molecule is C[C@@H](Oc1ccc(Cl)cc1Cl)C(=O)OCC(=O)N(CC#N)c1ccccc1. The number of hydrogen-bond acceptors (Lipinski definition) is 5. The maximum Gasteiger partial charge on any atom is 0.347 e. The topological polar surface area (TPSA) is 79.6 Å². The zero-order chi connectivity index (χ0) is 19.8. The van der Waals surface area contributed by atoms with Crippen molar-refractivity contribution in [1.29, 1.82) is 5.26 Å². The van der Waals surface area contributed by atoms with Crippen LogP contribution in [-0.2, 0) is 14.3 Å². The van der Waals surface area contributed by atoms with E-state index in [-0.39, 0.29) is 17.3 Å². The van der Waals surface area contributed by atoms with E-state index in [1.54, 1.807) is 36.4 Å². The summed E-state index contributed by atoms with van der Waals surface area (Å²) in [6, 6.07) is 15.2. The summed E-state index contributed by atoms with van der Waals surface area (Å²) in [4.78, 5) is 25.7. The molecule has 0 unspecified atom stereocenters. The van der Waals surface area contributed by atoms with Crippen LogP contribution in [0.2, 0.25) is 10.0 Å². The number of carbonyl (C=O) groups is 2. The first kappa shape index (κ1) is 20.6. The van der Waals surface area contributed by atoms with E-state index < -0.39 is 24.6 Å². The van der Waals surface area contributed by atoms with Crippen LogP contribution in [0, 0.1) is 11.3 Å². The molecule has 0 aliphatic carbocycles. The summed E-state index contributed by atoms with van der Waals surface area (Å²) in [5.41, 5.74) is 0.539. The Morgan fingerprint density at radius 2 is 1.89 bits per heavy atom. The van der Waals surface area contributed by atoms with E-state index in [1.807, 2.05) is 6.07 Å². The Kier molecular flexibility index (Phi) is 7.47. The van der Waals surface area contributed by atoms with Gasteiger partial charge in [-0.3, -0.25) is 9.69 Å². The molecule has 0 N–H and O–H groups in total. The minimum atomic E-state index is -0.988. The number of rotatable bonds is 7. The molecular weight excluding hydrogens is 391 g/mol. The minimum Gasteiger partial charge on any atom is -0.477 e. The fourth-order valence-electron chi connectivity index (χ4n) is 2.14. The van der Waals surface area contributed by atoms with Crippen LogP contribution >= 0.6 is 23.2 Å². The Labute approximate surface area is 166 Å². The van der Waals surface area contributed by atoms with Crippen molar-refractivity contribution in [2.75, 3.05) is 18.1 Å². The van der Waals surface area contributed by atoms with Crippen LogP contribution in [0.4, 0.5) is 5.69 Å². The molecule has 0 aliphatic heterocycles. The number of anilines is 1. The second-order valence-corrected chi connectivity index (χ2v) is 6.26. The van der Waals surface area contributed by atoms with E-state index in [2.05, 4.69) is 0 Å². The fraction of sp³-hybridized carbons (Fsp3) is 0.211. The smallest absolute Gasteiger partial charge is 0.347 e. The van der Waals surface area contributed by atoms with Gasteiger partial charge >= 0.3 is 5.97 Å². The molecule has 2 rings (SSSR count). The van der Waals surface area contributed by atoms with E-state index in [1.165, 1.54) is 24.0 Å². The van der Waals surface area contributed by atoms with Crippen LogP contribution in [-0.4, -0.2) is 31.1 Å². The van der Waals surface area contributed by atoms with Gasteiger partial charge in [-0.1, -0.05) is 41.4 Å². The second-order valence-electron chi connectivity index (χ2n) is 5.42. The first-order valence-corrected chi connectivity index (χ1v) is 8.68. The molecule has 27 heavy (non-hydrogen) atoms. The average molecular weight is 407 g/mol. The molecule has 0 fully saturated rings. The number of benzene rings is 2. The van der Waals surface area contributed by atoms with Crippen LogP contribution in [0.5, 0.6) is 5.75 Å². The summed E-state index contributed by atoms with van der Waals surface area (Å²) in [5, 5.41) is 9.62. The quantitative estimate of drug-likeness (QED) is 0.515. The van der Waals surface area contributed by atoms with Gasteiger partial charge in [0, 0.05) is 10.7 Å². The molecule has 0 saturated carbocycles. The first-order chi connectivity index (χ1) is 12.9. The molecule has 1 amide bonds. The van der Waals surface area contributed by atoms with Gasteiger partial charge in [-0.2, -0.15) is 5.26 Å². The zero-order valence-electron chi connectivity index (χ0n) is 14.4. The Morgan fingerprint density at radius 1 is 1.19 bits per heavy atom.